The molecule has 1 amide bonds. The Morgan fingerprint density at radius 3 is 2.73 bits per heavy atom. The summed E-state index contributed by atoms with van der Waals surface area (Å²) in [7, 11) is 1.61. The molecule has 6 nitrogen and oxygen atoms in total. The molecule has 2 aromatic heterocycles. The summed E-state index contributed by atoms with van der Waals surface area (Å²) in [4.78, 5) is 33.3. The zero-order valence-electron chi connectivity index (χ0n) is 13.9. The molecular weight excluding hydrogens is 350 g/mol. The smallest absolute Gasteiger partial charge is 0.268 e. The number of amides is 1. The number of rotatable bonds is 3. The van der Waals surface area contributed by atoms with E-state index in [1.165, 1.54) is 16.2 Å². The number of hydrogen-bond donors (Lipinski definition) is 2. The van der Waals surface area contributed by atoms with Gasteiger partial charge in [-0.1, -0.05) is 24.3 Å². The Morgan fingerprint density at radius 1 is 1.23 bits per heavy atom. The van der Waals surface area contributed by atoms with Gasteiger partial charge in [-0.15, -0.1) is 11.3 Å². The van der Waals surface area contributed by atoms with E-state index in [9.17, 15) is 14.7 Å². The van der Waals surface area contributed by atoms with Crippen LogP contribution in [0.25, 0.3) is 21.0 Å². The van der Waals surface area contributed by atoms with Crippen LogP contribution in [0.5, 0.6) is 5.75 Å². The molecule has 0 aliphatic carbocycles. The Morgan fingerprint density at radius 2 is 1.96 bits per heavy atom. The largest absolute Gasteiger partial charge is 0.507 e. The number of phenols is 1. The molecule has 7 heteroatoms. The molecule has 2 heterocycles. The van der Waals surface area contributed by atoms with Gasteiger partial charge in [0, 0.05) is 7.05 Å². The van der Waals surface area contributed by atoms with Crippen molar-refractivity contribution in [3.8, 4) is 5.75 Å². The Kier molecular flexibility index (Phi) is 3.93. The molecule has 26 heavy (non-hydrogen) atoms. The molecule has 0 atom stereocenters. The molecule has 0 unspecified atom stereocenters. The van der Waals surface area contributed by atoms with Crippen LogP contribution in [-0.2, 0) is 6.54 Å². The number of aromatic nitrogens is 2. The van der Waals surface area contributed by atoms with Crippen molar-refractivity contribution in [3.05, 3.63) is 69.6 Å². The molecule has 0 aliphatic rings. The zero-order valence-corrected chi connectivity index (χ0v) is 14.7. The SMILES string of the molecule is CN(Cc1nc2ccsc2c(=O)[nH]1)C(=O)c1cc2ccccc2cc1O. The number of carbonyl (C=O) groups is 1. The van der Waals surface area contributed by atoms with E-state index < -0.39 is 0 Å². The first kappa shape index (κ1) is 16.3. The summed E-state index contributed by atoms with van der Waals surface area (Å²) in [5.74, 6) is -0.0198. The number of phenolic OH excluding ortho intramolecular Hbond substituents is 1. The third-order valence-corrected chi connectivity index (χ3v) is 5.09. The maximum Gasteiger partial charge on any atom is 0.268 e. The average molecular weight is 365 g/mol. The van der Waals surface area contributed by atoms with E-state index in [0.717, 1.165) is 10.8 Å². The van der Waals surface area contributed by atoms with Gasteiger partial charge in [0.15, 0.2) is 0 Å². The minimum absolute atomic E-state index is 0.0738. The normalized spacial score (nSPS) is 11.1. The van der Waals surface area contributed by atoms with Crippen molar-refractivity contribution >= 4 is 38.2 Å². The molecule has 130 valence electrons. The van der Waals surface area contributed by atoms with Crippen molar-refractivity contribution in [2.75, 3.05) is 7.05 Å². The van der Waals surface area contributed by atoms with Crippen molar-refractivity contribution in [2.24, 2.45) is 0 Å². The third kappa shape index (κ3) is 2.82. The van der Waals surface area contributed by atoms with Crippen LogP contribution in [0.1, 0.15) is 16.2 Å². The molecule has 0 spiro atoms. The first-order valence-electron chi connectivity index (χ1n) is 7.96. The molecule has 2 N–H and O–H groups in total. The predicted molar refractivity (Wildman–Crippen MR) is 102 cm³/mol. The standard InChI is InChI=1S/C19H15N3O3S/c1-22(10-16-20-14-6-7-26-17(14)18(24)21-16)19(25)13-8-11-4-2-3-5-12(11)9-15(13)23/h2-9,23H,10H2,1H3,(H,20,21,24). The number of nitrogens with zero attached hydrogens (tertiary/aromatic N) is 2. The highest BCUT2D eigenvalue weighted by Gasteiger charge is 2.18. The minimum Gasteiger partial charge on any atom is -0.507 e. The average Bonchev–Trinajstić information content (AvgIpc) is 3.09. The van der Waals surface area contributed by atoms with Gasteiger partial charge < -0.3 is 15.0 Å². The second kappa shape index (κ2) is 6.27. The summed E-state index contributed by atoms with van der Waals surface area (Å²) in [6, 6.07) is 12.5. The molecule has 2 aromatic carbocycles. The van der Waals surface area contributed by atoms with Crippen molar-refractivity contribution in [1.29, 1.82) is 0 Å². The number of carbonyl (C=O) groups excluding carboxylic acids is 1. The van der Waals surface area contributed by atoms with Crippen molar-refractivity contribution < 1.29 is 9.90 Å². The number of aromatic hydroxyl groups is 1. The fourth-order valence-corrected chi connectivity index (χ4v) is 3.62. The lowest BCUT2D eigenvalue weighted by Gasteiger charge is -2.17. The van der Waals surface area contributed by atoms with Gasteiger partial charge in [0.05, 0.1) is 17.6 Å². The molecule has 4 rings (SSSR count). The highest BCUT2D eigenvalue weighted by atomic mass is 32.1. The summed E-state index contributed by atoms with van der Waals surface area (Å²) in [5.41, 5.74) is 0.614. The van der Waals surface area contributed by atoms with E-state index in [1.54, 1.807) is 30.6 Å². The molecule has 4 aromatic rings. The topological polar surface area (TPSA) is 86.3 Å². The minimum atomic E-state index is -0.346. The third-order valence-electron chi connectivity index (χ3n) is 4.19. The number of aromatic amines is 1. The molecule has 0 saturated carbocycles. The first-order chi connectivity index (χ1) is 12.5. The summed E-state index contributed by atoms with van der Waals surface area (Å²) in [5, 5.41) is 13.8. The van der Waals surface area contributed by atoms with Crippen LogP contribution < -0.4 is 5.56 Å². The number of H-pyrrole nitrogens is 1. The molecule has 0 saturated heterocycles. The molecule has 0 aliphatic heterocycles. The Balaban J connectivity index is 1.65. The highest BCUT2D eigenvalue weighted by Crippen LogP contribution is 2.26. The maximum absolute atomic E-state index is 12.8. The van der Waals surface area contributed by atoms with Crippen molar-refractivity contribution in [3.63, 3.8) is 0 Å². The van der Waals surface area contributed by atoms with Crippen LogP contribution >= 0.6 is 11.3 Å². The summed E-state index contributed by atoms with van der Waals surface area (Å²) < 4.78 is 0.565. The van der Waals surface area contributed by atoms with E-state index >= 15 is 0 Å². The van der Waals surface area contributed by atoms with Gasteiger partial charge >= 0.3 is 0 Å². The first-order valence-corrected chi connectivity index (χ1v) is 8.84. The predicted octanol–water partition coefficient (Wildman–Crippen LogP) is 3.12. The van der Waals surface area contributed by atoms with Crippen LogP contribution in [0, 0.1) is 0 Å². The highest BCUT2D eigenvalue weighted by molar-refractivity contribution is 7.17. The number of benzene rings is 2. The van der Waals surface area contributed by atoms with E-state index in [-0.39, 0.29) is 29.3 Å². The van der Waals surface area contributed by atoms with Gasteiger partial charge in [0.2, 0.25) is 0 Å². The van der Waals surface area contributed by atoms with Crippen LogP contribution in [0.2, 0.25) is 0 Å². The van der Waals surface area contributed by atoms with E-state index in [2.05, 4.69) is 9.97 Å². The van der Waals surface area contributed by atoms with Gasteiger partial charge in [0.25, 0.3) is 11.5 Å². The lowest BCUT2D eigenvalue weighted by molar-refractivity contribution is 0.0778. The van der Waals surface area contributed by atoms with Gasteiger partial charge in [0.1, 0.15) is 16.3 Å². The van der Waals surface area contributed by atoms with Crippen molar-refractivity contribution in [2.45, 2.75) is 6.54 Å². The number of fused-ring (bicyclic) bond motifs is 2. The van der Waals surface area contributed by atoms with Gasteiger partial charge in [-0.2, -0.15) is 0 Å². The van der Waals surface area contributed by atoms with Crippen LogP contribution in [-0.4, -0.2) is 32.9 Å². The maximum atomic E-state index is 12.8. The Bertz CT molecular complexity index is 1200. The van der Waals surface area contributed by atoms with Crippen molar-refractivity contribution in [1.82, 2.24) is 14.9 Å². The Labute approximate surface area is 152 Å². The zero-order chi connectivity index (χ0) is 18.3. The van der Waals surface area contributed by atoms with E-state index in [0.29, 0.717) is 16.0 Å². The summed E-state index contributed by atoms with van der Waals surface area (Å²) in [6.07, 6.45) is 0. The van der Waals surface area contributed by atoms with Crippen LogP contribution in [0.3, 0.4) is 0 Å². The monoisotopic (exact) mass is 365 g/mol. The summed E-state index contributed by atoms with van der Waals surface area (Å²) >= 11 is 1.33. The lowest BCUT2D eigenvalue weighted by Crippen LogP contribution is -2.28. The fraction of sp³-hybridized carbons (Fsp3) is 0.105. The number of hydrogen-bond acceptors (Lipinski definition) is 5. The number of nitrogens with one attached hydrogen (secondary N) is 1. The number of thiophene rings is 1. The molecule has 0 bridgehead atoms. The lowest BCUT2D eigenvalue weighted by atomic mass is 10.1. The van der Waals surface area contributed by atoms with Gasteiger partial charge in [-0.25, -0.2) is 4.98 Å². The second-order valence-corrected chi connectivity index (χ2v) is 6.94. The quantitative estimate of drug-likeness (QED) is 0.584. The van der Waals surface area contributed by atoms with Crippen LogP contribution in [0.15, 0.2) is 52.6 Å². The Hall–Kier alpha value is -3.19. The molecular formula is C19H15N3O3S. The fourth-order valence-electron chi connectivity index (χ4n) is 2.90. The van der Waals surface area contributed by atoms with Gasteiger partial charge in [-0.05, 0) is 34.4 Å². The summed E-state index contributed by atoms with van der Waals surface area (Å²) in [6.45, 7) is 0.131. The van der Waals surface area contributed by atoms with E-state index in [4.69, 9.17) is 0 Å². The van der Waals surface area contributed by atoms with Gasteiger partial charge in [-0.3, -0.25) is 9.59 Å². The van der Waals surface area contributed by atoms with Crippen LogP contribution in [0.4, 0.5) is 0 Å². The molecule has 0 fully saturated rings. The second-order valence-electron chi connectivity index (χ2n) is 6.03. The van der Waals surface area contributed by atoms with E-state index in [1.807, 2.05) is 24.3 Å². The molecule has 0 radical (unpaired) electrons.